The number of β-amino-alcohol motifs (C(OH)–C–C–N with tert-alkyl or cyclic N) is 1. The number of fused-ring (bicyclic) bond motifs is 2. The summed E-state index contributed by atoms with van der Waals surface area (Å²) in [5.41, 5.74) is 3.07. The van der Waals surface area contributed by atoms with Crippen LogP contribution in [0.25, 0.3) is 0 Å². The molecule has 2 aliphatic heterocycles. The van der Waals surface area contributed by atoms with Crippen molar-refractivity contribution in [1.29, 1.82) is 0 Å². The fourth-order valence-electron chi connectivity index (χ4n) is 3.34. The maximum Gasteiger partial charge on any atom is 0.231 e. The van der Waals surface area contributed by atoms with Gasteiger partial charge in [-0.25, -0.2) is 0 Å². The minimum atomic E-state index is -0.564. The Morgan fingerprint density at radius 1 is 1.26 bits per heavy atom. The van der Waals surface area contributed by atoms with Gasteiger partial charge >= 0.3 is 0 Å². The van der Waals surface area contributed by atoms with Gasteiger partial charge in [0.2, 0.25) is 12.5 Å². The molecule has 2 aromatic carbocycles. The molecule has 0 amide bonds. The fourth-order valence-corrected chi connectivity index (χ4v) is 3.34. The van der Waals surface area contributed by atoms with E-state index in [0.29, 0.717) is 30.3 Å². The topological polar surface area (TPSA) is 51.2 Å². The number of aliphatic hydroxyl groups excluding tert-OH is 1. The smallest absolute Gasteiger partial charge is 0.231 e. The second-order valence-electron chi connectivity index (χ2n) is 5.88. The van der Waals surface area contributed by atoms with Crippen molar-refractivity contribution in [2.75, 3.05) is 20.4 Å². The molecule has 0 radical (unpaired) electrons. The van der Waals surface area contributed by atoms with E-state index in [9.17, 15) is 5.11 Å². The minimum absolute atomic E-state index is 0.193. The zero-order valence-corrected chi connectivity index (χ0v) is 13.0. The summed E-state index contributed by atoms with van der Waals surface area (Å²) in [4.78, 5) is 2.22. The highest BCUT2D eigenvalue weighted by molar-refractivity contribution is 5.61. The number of hydrogen-bond donors (Lipinski definition) is 1. The first-order chi connectivity index (χ1) is 11.3. The maximum atomic E-state index is 10.6. The van der Waals surface area contributed by atoms with Crippen molar-refractivity contribution in [2.45, 2.75) is 19.2 Å². The van der Waals surface area contributed by atoms with E-state index in [-0.39, 0.29) is 6.79 Å². The summed E-state index contributed by atoms with van der Waals surface area (Å²) in [7, 11) is 1.63. The van der Waals surface area contributed by atoms with Crippen LogP contribution in [-0.2, 0) is 13.1 Å². The van der Waals surface area contributed by atoms with E-state index >= 15 is 0 Å². The molecule has 23 heavy (non-hydrogen) atoms. The second kappa shape index (κ2) is 5.76. The fraction of sp³-hybridized carbons (Fsp3) is 0.333. The standard InChI is InChI=1S/C18H19NO4/c1-21-17-14-9-19(8-12-5-3-2-4-6-12)10-15(20)13(14)7-16-18(17)23-11-22-16/h2-7,15,20H,8-11H2,1H3/t15-/m1/s1. The Morgan fingerprint density at radius 3 is 2.87 bits per heavy atom. The average Bonchev–Trinajstić information content (AvgIpc) is 3.02. The van der Waals surface area contributed by atoms with Gasteiger partial charge in [-0.05, 0) is 17.2 Å². The van der Waals surface area contributed by atoms with Crippen LogP contribution in [0.2, 0.25) is 0 Å². The molecule has 0 aliphatic carbocycles. The van der Waals surface area contributed by atoms with Crippen LogP contribution in [0.1, 0.15) is 22.8 Å². The monoisotopic (exact) mass is 313 g/mol. The van der Waals surface area contributed by atoms with Crippen molar-refractivity contribution in [3.63, 3.8) is 0 Å². The summed E-state index contributed by atoms with van der Waals surface area (Å²) < 4.78 is 16.5. The van der Waals surface area contributed by atoms with Crippen LogP contribution >= 0.6 is 0 Å². The van der Waals surface area contributed by atoms with Gasteiger partial charge in [0.15, 0.2) is 11.5 Å². The lowest BCUT2D eigenvalue weighted by atomic mass is 9.95. The largest absolute Gasteiger partial charge is 0.492 e. The molecular weight excluding hydrogens is 294 g/mol. The van der Waals surface area contributed by atoms with Crippen LogP contribution in [-0.4, -0.2) is 30.5 Å². The molecule has 0 fully saturated rings. The molecule has 5 heteroatoms. The van der Waals surface area contributed by atoms with Gasteiger partial charge in [-0.2, -0.15) is 0 Å². The van der Waals surface area contributed by atoms with E-state index in [2.05, 4.69) is 17.0 Å². The summed E-state index contributed by atoms with van der Waals surface area (Å²) in [6.45, 7) is 2.28. The molecule has 1 atom stereocenters. The van der Waals surface area contributed by atoms with Gasteiger partial charge < -0.3 is 19.3 Å². The highest BCUT2D eigenvalue weighted by atomic mass is 16.7. The summed E-state index contributed by atoms with van der Waals surface area (Å²) in [6, 6.07) is 12.1. The highest BCUT2D eigenvalue weighted by Gasteiger charge is 2.32. The van der Waals surface area contributed by atoms with Crippen molar-refractivity contribution in [2.24, 2.45) is 0 Å². The lowest BCUT2D eigenvalue weighted by molar-refractivity contribution is 0.0866. The molecule has 0 spiro atoms. The predicted molar refractivity (Wildman–Crippen MR) is 84.6 cm³/mol. The average molecular weight is 313 g/mol. The first kappa shape index (κ1) is 14.4. The summed E-state index contributed by atoms with van der Waals surface area (Å²) in [5.74, 6) is 1.96. The van der Waals surface area contributed by atoms with Crippen LogP contribution in [0, 0.1) is 0 Å². The maximum absolute atomic E-state index is 10.6. The van der Waals surface area contributed by atoms with Gasteiger partial charge in [-0.3, -0.25) is 4.90 Å². The third-order valence-electron chi connectivity index (χ3n) is 4.38. The van der Waals surface area contributed by atoms with Gasteiger partial charge in [-0.1, -0.05) is 30.3 Å². The molecule has 5 nitrogen and oxygen atoms in total. The van der Waals surface area contributed by atoms with Crippen LogP contribution in [0.3, 0.4) is 0 Å². The van der Waals surface area contributed by atoms with Gasteiger partial charge in [0.05, 0.1) is 13.2 Å². The summed E-state index contributed by atoms with van der Waals surface area (Å²) in [6.07, 6.45) is -0.564. The Kier molecular flexibility index (Phi) is 3.59. The molecule has 0 aromatic heterocycles. The first-order valence-corrected chi connectivity index (χ1v) is 7.70. The van der Waals surface area contributed by atoms with Crippen LogP contribution < -0.4 is 14.2 Å². The van der Waals surface area contributed by atoms with Gasteiger partial charge in [-0.15, -0.1) is 0 Å². The lowest BCUT2D eigenvalue weighted by Crippen LogP contribution is -2.33. The number of rotatable bonds is 3. The Morgan fingerprint density at radius 2 is 2.09 bits per heavy atom. The Hall–Kier alpha value is -2.24. The molecule has 2 aromatic rings. The van der Waals surface area contributed by atoms with Gasteiger partial charge in [0, 0.05) is 25.2 Å². The van der Waals surface area contributed by atoms with Gasteiger partial charge in [0.1, 0.15) is 0 Å². The van der Waals surface area contributed by atoms with Crippen molar-refractivity contribution >= 4 is 0 Å². The van der Waals surface area contributed by atoms with E-state index in [1.165, 1.54) is 5.56 Å². The molecule has 0 unspecified atom stereocenters. The third kappa shape index (κ3) is 2.52. The van der Waals surface area contributed by atoms with E-state index in [1.807, 2.05) is 24.3 Å². The van der Waals surface area contributed by atoms with Crippen LogP contribution in [0.4, 0.5) is 0 Å². The van der Waals surface area contributed by atoms with Crippen molar-refractivity contribution < 1.29 is 19.3 Å². The molecule has 120 valence electrons. The molecule has 0 saturated carbocycles. The third-order valence-corrected chi connectivity index (χ3v) is 4.38. The normalized spacial score (nSPS) is 19.5. The molecule has 0 bridgehead atoms. The number of aliphatic hydroxyl groups is 1. The van der Waals surface area contributed by atoms with Crippen molar-refractivity contribution in [1.82, 2.24) is 4.90 Å². The van der Waals surface area contributed by atoms with E-state index in [4.69, 9.17) is 14.2 Å². The van der Waals surface area contributed by atoms with E-state index in [1.54, 1.807) is 7.11 Å². The van der Waals surface area contributed by atoms with Crippen LogP contribution in [0.5, 0.6) is 17.2 Å². The number of hydrogen-bond acceptors (Lipinski definition) is 5. The Labute approximate surface area is 135 Å². The minimum Gasteiger partial charge on any atom is -0.492 e. The highest BCUT2D eigenvalue weighted by Crippen LogP contribution is 2.48. The lowest BCUT2D eigenvalue weighted by Gasteiger charge is -2.33. The number of nitrogens with zero attached hydrogens (tertiary/aromatic N) is 1. The summed E-state index contributed by atoms with van der Waals surface area (Å²) >= 11 is 0. The summed E-state index contributed by atoms with van der Waals surface area (Å²) in [5, 5.41) is 10.6. The second-order valence-corrected chi connectivity index (χ2v) is 5.88. The molecule has 2 heterocycles. The van der Waals surface area contributed by atoms with E-state index < -0.39 is 6.10 Å². The first-order valence-electron chi connectivity index (χ1n) is 7.70. The molecule has 4 rings (SSSR count). The molecule has 2 aliphatic rings. The van der Waals surface area contributed by atoms with Crippen LogP contribution in [0.15, 0.2) is 36.4 Å². The Balaban J connectivity index is 1.68. The molecule has 0 saturated heterocycles. The quantitative estimate of drug-likeness (QED) is 0.943. The number of ether oxygens (including phenoxy) is 3. The number of methoxy groups -OCH3 is 1. The Bertz CT molecular complexity index is 717. The molecular formula is C18H19NO4. The zero-order valence-electron chi connectivity index (χ0n) is 13.0. The van der Waals surface area contributed by atoms with E-state index in [0.717, 1.165) is 17.7 Å². The SMILES string of the molecule is COc1c2c(cc3c1OCO3)[C@H](O)CN(Cc1ccccc1)C2. The van der Waals surface area contributed by atoms with Crippen molar-refractivity contribution in [3.8, 4) is 17.2 Å². The van der Waals surface area contributed by atoms with Gasteiger partial charge in [0.25, 0.3) is 0 Å². The number of benzene rings is 2. The zero-order chi connectivity index (χ0) is 15.8. The van der Waals surface area contributed by atoms with Crippen molar-refractivity contribution in [3.05, 3.63) is 53.1 Å². The molecule has 1 N–H and O–H groups in total. The predicted octanol–water partition coefficient (Wildman–Crippen LogP) is 2.47.